The number of rotatable bonds is 8. The number of aliphatic hydroxyl groups is 2. The molecule has 5 rings (SSSR count). The molecule has 1 aromatic carbocycles. The van der Waals surface area contributed by atoms with Gasteiger partial charge in [-0.1, -0.05) is 23.7 Å². The smallest absolute Gasteiger partial charge is 0.191 e. The molecule has 1 aliphatic rings. The quantitative estimate of drug-likeness (QED) is 0.309. The SMILES string of the molecule is OCCNc1cc(-c2cc(C(O)c3ccc(Cl)cc3)c(-c3ncn(C4CCCCO4)n3)s2)ccn1. The van der Waals surface area contributed by atoms with Gasteiger partial charge in [0.25, 0.3) is 0 Å². The van der Waals surface area contributed by atoms with Crippen LogP contribution >= 0.6 is 22.9 Å². The lowest BCUT2D eigenvalue weighted by Gasteiger charge is -2.22. The molecule has 1 aliphatic heterocycles. The number of thiophene rings is 1. The van der Waals surface area contributed by atoms with E-state index in [1.807, 2.05) is 30.3 Å². The van der Waals surface area contributed by atoms with Gasteiger partial charge >= 0.3 is 0 Å². The Morgan fingerprint density at radius 3 is 2.80 bits per heavy atom. The Morgan fingerprint density at radius 1 is 1.17 bits per heavy atom. The lowest BCUT2D eigenvalue weighted by molar-refractivity contribution is -0.0395. The Balaban J connectivity index is 1.54. The van der Waals surface area contributed by atoms with Crippen molar-refractivity contribution < 1.29 is 14.9 Å². The predicted octanol–water partition coefficient (Wildman–Crippen LogP) is 4.91. The first-order chi connectivity index (χ1) is 17.1. The highest BCUT2D eigenvalue weighted by atomic mass is 35.5. The molecule has 0 aliphatic carbocycles. The van der Waals surface area contributed by atoms with Crippen LogP contribution in [-0.2, 0) is 4.74 Å². The van der Waals surface area contributed by atoms with Gasteiger partial charge in [0.05, 0.1) is 11.5 Å². The van der Waals surface area contributed by atoms with Crippen LogP contribution in [0.3, 0.4) is 0 Å². The largest absolute Gasteiger partial charge is 0.395 e. The molecule has 1 saturated heterocycles. The predicted molar refractivity (Wildman–Crippen MR) is 136 cm³/mol. The van der Waals surface area contributed by atoms with E-state index in [9.17, 15) is 5.11 Å². The lowest BCUT2D eigenvalue weighted by atomic mass is 10.0. The number of ether oxygens (including phenoxy) is 1. The summed E-state index contributed by atoms with van der Waals surface area (Å²) < 4.78 is 7.64. The van der Waals surface area contributed by atoms with E-state index >= 15 is 0 Å². The summed E-state index contributed by atoms with van der Waals surface area (Å²) in [4.78, 5) is 10.6. The molecule has 35 heavy (non-hydrogen) atoms. The number of aliphatic hydroxyl groups excluding tert-OH is 2. The molecule has 3 N–H and O–H groups in total. The average molecular weight is 512 g/mol. The van der Waals surface area contributed by atoms with E-state index in [-0.39, 0.29) is 12.8 Å². The van der Waals surface area contributed by atoms with Gasteiger partial charge in [0.2, 0.25) is 0 Å². The third kappa shape index (κ3) is 5.39. The van der Waals surface area contributed by atoms with Crippen molar-refractivity contribution in [1.82, 2.24) is 19.7 Å². The van der Waals surface area contributed by atoms with Gasteiger partial charge in [-0.2, -0.15) is 0 Å². The van der Waals surface area contributed by atoms with Crippen LogP contribution in [0.4, 0.5) is 5.82 Å². The van der Waals surface area contributed by atoms with Crippen molar-refractivity contribution in [2.24, 2.45) is 0 Å². The minimum absolute atomic E-state index is 0.0194. The monoisotopic (exact) mass is 511 g/mol. The second-order valence-electron chi connectivity index (χ2n) is 8.30. The molecule has 0 spiro atoms. The summed E-state index contributed by atoms with van der Waals surface area (Å²) in [7, 11) is 0. The van der Waals surface area contributed by atoms with E-state index in [1.165, 1.54) is 11.3 Å². The molecule has 0 amide bonds. The molecule has 0 radical (unpaired) electrons. The van der Waals surface area contributed by atoms with Crippen LogP contribution in [0.25, 0.3) is 21.1 Å². The van der Waals surface area contributed by atoms with Crippen molar-refractivity contribution in [1.29, 1.82) is 0 Å². The first kappa shape index (κ1) is 23.9. The summed E-state index contributed by atoms with van der Waals surface area (Å²) in [6, 6.07) is 13.0. The van der Waals surface area contributed by atoms with Gasteiger partial charge in [0.15, 0.2) is 12.1 Å². The summed E-state index contributed by atoms with van der Waals surface area (Å²) >= 11 is 7.57. The number of aromatic nitrogens is 4. The van der Waals surface area contributed by atoms with E-state index < -0.39 is 6.10 Å². The maximum atomic E-state index is 11.3. The molecule has 0 bridgehead atoms. The maximum Gasteiger partial charge on any atom is 0.191 e. The van der Waals surface area contributed by atoms with E-state index in [0.29, 0.717) is 23.2 Å². The Labute approximate surface area is 212 Å². The summed E-state index contributed by atoms with van der Waals surface area (Å²) in [5.74, 6) is 1.22. The summed E-state index contributed by atoms with van der Waals surface area (Å²) in [6.45, 7) is 1.15. The van der Waals surface area contributed by atoms with Gasteiger partial charge in [-0.15, -0.1) is 16.4 Å². The first-order valence-electron chi connectivity index (χ1n) is 11.5. The molecular formula is C25H26ClN5O3S. The number of nitrogens with one attached hydrogen (secondary N) is 1. The number of nitrogens with zero attached hydrogens (tertiary/aromatic N) is 4. The topological polar surface area (TPSA) is 105 Å². The molecule has 0 saturated carbocycles. The van der Waals surface area contributed by atoms with Gasteiger partial charge in [0, 0.05) is 34.8 Å². The fourth-order valence-corrected chi connectivity index (χ4v) is 5.31. The Bertz CT molecular complexity index is 1270. The van der Waals surface area contributed by atoms with Crippen molar-refractivity contribution >= 4 is 28.8 Å². The van der Waals surface area contributed by atoms with Crippen LogP contribution < -0.4 is 5.32 Å². The van der Waals surface area contributed by atoms with Crippen LogP contribution in [0.2, 0.25) is 5.02 Å². The highest BCUT2D eigenvalue weighted by molar-refractivity contribution is 7.19. The van der Waals surface area contributed by atoms with Gasteiger partial charge < -0.3 is 20.3 Å². The maximum absolute atomic E-state index is 11.3. The fraction of sp³-hybridized carbons (Fsp3) is 0.320. The molecule has 4 aromatic rings. The fourth-order valence-electron chi connectivity index (χ4n) is 4.06. The number of hydrogen-bond donors (Lipinski definition) is 3. The van der Waals surface area contributed by atoms with Crippen molar-refractivity contribution in [3.63, 3.8) is 0 Å². The molecule has 182 valence electrons. The Kier molecular flexibility index (Phi) is 7.40. The van der Waals surface area contributed by atoms with Gasteiger partial charge in [-0.25, -0.2) is 14.6 Å². The summed E-state index contributed by atoms with van der Waals surface area (Å²) in [6.07, 6.45) is 5.49. The third-order valence-corrected chi connectivity index (χ3v) is 7.31. The number of halogens is 1. The Morgan fingerprint density at radius 2 is 2.03 bits per heavy atom. The number of pyridine rings is 1. The third-order valence-electron chi connectivity index (χ3n) is 5.87. The Hall–Kier alpha value is -2.82. The van der Waals surface area contributed by atoms with Gasteiger partial charge in [-0.05, 0) is 60.7 Å². The molecule has 2 atom stereocenters. The highest BCUT2D eigenvalue weighted by Crippen LogP contribution is 2.42. The normalized spacial score (nSPS) is 16.8. The minimum atomic E-state index is -0.876. The van der Waals surface area contributed by atoms with E-state index in [2.05, 4.69) is 15.3 Å². The van der Waals surface area contributed by atoms with Crippen molar-refractivity contribution in [2.75, 3.05) is 25.1 Å². The van der Waals surface area contributed by atoms with Gasteiger partial charge in [-0.3, -0.25) is 0 Å². The van der Waals surface area contributed by atoms with Crippen LogP contribution in [0, 0.1) is 0 Å². The number of anilines is 1. The minimum Gasteiger partial charge on any atom is -0.395 e. The zero-order chi connectivity index (χ0) is 24.2. The van der Waals surface area contributed by atoms with Crippen molar-refractivity contribution in [3.8, 4) is 21.1 Å². The van der Waals surface area contributed by atoms with E-state index in [1.54, 1.807) is 29.3 Å². The second kappa shape index (κ2) is 10.8. The average Bonchev–Trinajstić information content (AvgIpc) is 3.56. The highest BCUT2D eigenvalue weighted by Gasteiger charge is 2.24. The zero-order valence-corrected chi connectivity index (χ0v) is 20.5. The molecular weight excluding hydrogens is 486 g/mol. The number of hydrogen-bond acceptors (Lipinski definition) is 8. The van der Waals surface area contributed by atoms with E-state index in [0.717, 1.165) is 52.3 Å². The van der Waals surface area contributed by atoms with Crippen LogP contribution in [0.15, 0.2) is 55.0 Å². The second-order valence-corrected chi connectivity index (χ2v) is 9.79. The van der Waals surface area contributed by atoms with Crippen LogP contribution in [-0.4, -0.2) is 49.7 Å². The molecule has 8 nitrogen and oxygen atoms in total. The van der Waals surface area contributed by atoms with Crippen molar-refractivity contribution in [3.05, 3.63) is 71.1 Å². The summed E-state index contributed by atoms with van der Waals surface area (Å²) in [5, 5.41) is 28.9. The summed E-state index contributed by atoms with van der Waals surface area (Å²) in [5.41, 5.74) is 2.39. The van der Waals surface area contributed by atoms with Crippen molar-refractivity contribution in [2.45, 2.75) is 31.6 Å². The van der Waals surface area contributed by atoms with Crippen LogP contribution in [0.1, 0.15) is 42.7 Å². The standard InChI is InChI=1S/C25H26ClN5O3S/c26-18-6-4-16(5-7-18)23(33)19-14-20(17-8-9-27-21(13-17)28-10-11-32)35-24(19)25-29-15-31(30-25)22-3-1-2-12-34-22/h4-9,13-15,22-23,32-33H,1-3,10-12H2,(H,27,28). The molecule has 2 unspecified atom stereocenters. The lowest BCUT2D eigenvalue weighted by Crippen LogP contribution is -2.18. The van der Waals surface area contributed by atoms with E-state index in [4.69, 9.17) is 26.5 Å². The zero-order valence-electron chi connectivity index (χ0n) is 19.0. The molecule has 3 aromatic heterocycles. The molecule has 1 fully saturated rings. The molecule has 10 heteroatoms. The first-order valence-corrected chi connectivity index (χ1v) is 12.7. The number of benzene rings is 1. The molecule has 4 heterocycles. The van der Waals surface area contributed by atoms with Gasteiger partial charge in [0.1, 0.15) is 18.2 Å². The van der Waals surface area contributed by atoms with Crippen LogP contribution in [0.5, 0.6) is 0 Å².